The van der Waals surface area contributed by atoms with E-state index >= 15 is 0 Å². The molecule has 0 saturated carbocycles. The first-order valence-corrected chi connectivity index (χ1v) is 8.85. The summed E-state index contributed by atoms with van der Waals surface area (Å²) in [5, 5.41) is 0. The average molecular weight is 386 g/mol. The molecule has 0 aliphatic carbocycles. The lowest BCUT2D eigenvalue weighted by molar-refractivity contribution is -0.137. The van der Waals surface area contributed by atoms with Gasteiger partial charge in [0.2, 0.25) is 0 Å². The molecule has 0 spiro atoms. The van der Waals surface area contributed by atoms with Crippen LogP contribution in [-0.2, 0) is 6.18 Å². The summed E-state index contributed by atoms with van der Waals surface area (Å²) in [5.74, 6) is -0.220. The van der Waals surface area contributed by atoms with Crippen LogP contribution < -0.4 is 4.90 Å². The summed E-state index contributed by atoms with van der Waals surface area (Å²) in [6.07, 6.45) is -2.91. The van der Waals surface area contributed by atoms with Crippen molar-refractivity contribution in [2.75, 3.05) is 31.1 Å². The number of rotatable bonds is 2. The van der Waals surface area contributed by atoms with Crippen molar-refractivity contribution in [3.8, 4) is 0 Å². The zero-order valence-corrected chi connectivity index (χ0v) is 14.9. The van der Waals surface area contributed by atoms with Crippen molar-refractivity contribution in [2.45, 2.75) is 6.18 Å². The molecule has 28 heavy (non-hydrogen) atoms. The molecule has 1 aliphatic heterocycles. The molecule has 4 rings (SSSR count). The number of amides is 1. The van der Waals surface area contributed by atoms with Crippen LogP contribution in [-0.4, -0.2) is 47.0 Å². The molecule has 0 unspecified atom stereocenters. The average Bonchev–Trinajstić information content (AvgIpc) is 2.72. The number of carbonyl (C=O) groups is 1. The quantitative estimate of drug-likeness (QED) is 0.675. The fraction of sp³-hybridized carbons (Fsp3) is 0.250. The Bertz CT molecular complexity index is 1010. The lowest BCUT2D eigenvalue weighted by Crippen LogP contribution is -2.49. The zero-order valence-electron chi connectivity index (χ0n) is 14.9. The van der Waals surface area contributed by atoms with Crippen molar-refractivity contribution in [3.63, 3.8) is 0 Å². The monoisotopic (exact) mass is 386 g/mol. The molecule has 2 aromatic carbocycles. The van der Waals surface area contributed by atoms with Crippen LogP contribution in [0.4, 0.5) is 18.9 Å². The highest BCUT2D eigenvalue weighted by Crippen LogP contribution is 2.31. The zero-order chi connectivity index (χ0) is 19.7. The molecule has 2 heterocycles. The SMILES string of the molecule is O=C(c1cnc2ccccc2n1)N1CCN(c2cccc(C(F)(F)F)c2)CC1. The summed E-state index contributed by atoms with van der Waals surface area (Å²) >= 11 is 0. The van der Waals surface area contributed by atoms with Crippen LogP contribution in [0.15, 0.2) is 54.7 Å². The van der Waals surface area contributed by atoms with Crippen molar-refractivity contribution in [2.24, 2.45) is 0 Å². The number of alkyl halides is 3. The Morgan fingerprint density at radius 3 is 2.36 bits per heavy atom. The van der Waals surface area contributed by atoms with Gasteiger partial charge in [0.15, 0.2) is 0 Å². The first-order valence-electron chi connectivity index (χ1n) is 8.85. The van der Waals surface area contributed by atoms with Gasteiger partial charge in [-0.25, -0.2) is 4.98 Å². The first kappa shape index (κ1) is 18.2. The van der Waals surface area contributed by atoms with E-state index in [0.717, 1.165) is 12.1 Å². The fourth-order valence-electron chi connectivity index (χ4n) is 3.27. The molecule has 144 valence electrons. The van der Waals surface area contributed by atoms with Gasteiger partial charge in [-0.15, -0.1) is 0 Å². The standard InChI is InChI=1S/C20H17F3N4O/c21-20(22,23)14-4-3-5-15(12-14)26-8-10-27(11-9-26)19(28)18-13-24-16-6-1-2-7-17(16)25-18/h1-7,12-13H,8-11H2. The van der Waals surface area contributed by atoms with Gasteiger partial charge in [-0.05, 0) is 30.3 Å². The summed E-state index contributed by atoms with van der Waals surface area (Å²) in [7, 11) is 0. The maximum atomic E-state index is 12.9. The number of halogens is 3. The molecule has 1 aromatic heterocycles. The number of benzene rings is 2. The van der Waals surface area contributed by atoms with Crippen LogP contribution in [0.1, 0.15) is 16.1 Å². The summed E-state index contributed by atoms with van der Waals surface area (Å²) in [5.41, 5.74) is 1.47. The molecule has 1 saturated heterocycles. The van der Waals surface area contributed by atoms with Gasteiger partial charge in [0.1, 0.15) is 5.69 Å². The van der Waals surface area contributed by atoms with E-state index in [1.54, 1.807) is 17.0 Å². The smallest absolute Gasteiger partial charge is 0.368 e. The Hall–Kier alpha value is -3.16. The van der Waals surface area contributed by atoms with Crippen molar-refractivity contribution in [1.29, 1.82) is 0 Å². The highest BCUT2D eigenvalue weighted by atomic mass is 19.4. The highest BCUT2D eigenvalue weighted by molar-refractivity contribution is 5.94. The summed E-state index contributed by atoms with van der Waals surface area (Å²) < 4.78 is 38.8. The summed E-state index contributed by atoms with van der Waals surface area (Å²) in [6, 6.07) is 12.6. The molecule has 8 heteroatoms. The van der Waals surface area contributed by atoms with E-state index in [2.05, 4.69) is 9.97 Å². The van der Waals surface area contributed by atoms with Crippen LogP contribution in [0, 0.1) is 0 Å². The van der Waals surface area contributed by atoms with E-state index in [9.17, 15) is 18.0 Å². The fourth-order valence-corrected chi connectivity index (χ4v) is 3.27. The Labute approximate surface area is 159 Å². The Morgan fingerprint density at radius 1 is 0.929 bits per heavy atom. The van der Waals surface area contributed by atoms with Crippen LogP contribution >= 0.6 is 0 Å². The number of para-hydroxylation sites is 2. The molecular weight excluding hydrogens is 369 g/mol. The Kier molecular flexibility index (Phi) is 4.62. The van der Waals surface area contributed by atoms with E-state index < -0.39 is 11.7 Å². The first-order chi connectivity index (χ1) is 13.4. The minimum Gasteiger partial charge on any atom is -0.368 e. The van der Waals surface area contributed by atoms with E-state index in [1.807, 2.05) is 23.1 Å². The molecule has 3 aromatic rings. The van der Waals surface area contributed by atoms with E-state index in [1.165, 1.54) is 12.3 Å². The largest absolute Gasteiger partial charge is 0.416 e. The summed E-state index contributed by atoms with van der Waals surface area (Å²) in [6.45, 7) is 1.72. The van der Waals surface area contributed by atoms with Gasteiger partial charge in [-0.1, -0.05) is 18.2 Å². The molecule has 0 radical (unpaired) electrons. The normalized spacial score (nSPS) is 15.1. The number of hydrogen-bond acceptors (Lipinski definition) is 4. The molecule has 0 N–H and O–H groups in total. The minimum atomic E-state index is -4.37. The molecule has 0 atom stereocenters. The Morgan fingerprint density at radius 2 is 1.64 bits per heavy atom. The summed E-state index contributed by atoms with van der Waals surface area (Å²) in [4.78, 5) is 24.9. The second-order valence-corrected chi connectivity index (χ2v) is 6.57. The minimum absolute atomic E-state index is 0.220. The molecule has 5 nitrogen and oxygen atoms in total. The second kappa shape index (κ2) is 7.10. The third-order valence-electron chi connectivity index (χ3n) is 4.77. The number of nitrogens with zero attached hydrogens (tertiary/aromatic N) is 4. The van der Waals surface area contributed by atoms with Gasteiger partial charge >= 0.3 is 6.18 Å². The van der Waals surface area contributed by atoms with Gasteiger partial charge in [-0.2, -0.15) is 13.2 Å². The molecule has 1 fully saturated rings. The lowest BCUT2D eigenvalue weighted by Gasteiger charge is -2.36. The van der Waals surface area contributed by atoms with Gasteiger partial charge in [0.25, 0.3) is 5.91 Å². The highest BCUT2D eigenvalue weighted by Gasteiger charge is 2.31. The van der Waals surface area contributed by atoms with Crippen molar-refractivity contribution in [1.82, 2.24) is 14.9 Å². The third-order valence-corrected chi connectivity index (χ3v) is 4.77. The van der Waals surface area contributed by atoms with Crippen LogP contribution in [0.2, 0.25) is 0 Å². The Balaban J connectivity index is 1.45. The van der Waals surface area contributed by atoms with Crippen LogP contribution in [0.25, 0.3) is 11.0 Å². The third kappa shape index (κ3) is 3.62. The van der Waals surface area contributed by atoms with E-state index in [4.69, 9.17) is 0 Å². The number of piperazine rings is 1. The maximum Gasteiger partial charge on any atom is 0.416 e. The molecule has 1 amide bonds. The molecular formula is C20H17F3N4O. The van der Waals surface area contributed by atoms with Gasteiger partial charge in [-0.3, -0.25) is 9.78 Å². The van der Waals surface area contributed by atoms with Crippen LogP contribution in [0.5, 0.6) is 0 Å². The number of hydrogen-bond donors (Lipinski definition) is 0. The van der Waals surface area contributed by atoms with Crippen molar-refractivity contribution < 1.29 is 18.0 Å². The number of aromatic nitrogens is 2. The topological polar surface area (TPSA) is 49.3 Å². The second-order valence-electron chi connectivity index (χ2n) is 6.57. The van der Waals surface area contributed by atoms with Crippen molar-refractivity contribution in [3.05, 3.63) is 66.0 Å². The van der Waals surface area contributed by atoms with E-state index in [-0.39, 0.29) is 11.6 Å². The van der Waals surface area contributed by atoms with Crippen LogP contribution in [0.3, 0.4) is 0 Å². The predicted octanol–water partition coefficient (Wildman–Crippen LogP) is 3.61. The number of carbonyl (C=O) groups excluding carboxylic acids is 1. The maximum absolute atomic E-state index is 12.9. The van der Waals surface area contributed by atoms with Gasteiger partial charge in [0.05, 0.1) is 22.8 Å². The van der Waals surface area contributed by atoms with Gasteiger partial charge in [0, 0.05) is 31.9 Å². The lowest BCUT2D eigenvalue weighted by atomic mass is 10.1. The molecule has 1 aliphatic rings. The number of anilines is 1. The van der Waals surface area contributed by atoms with Crippen molar-refractivity contribution >= 4 is 22.6 Å². The van der Waals surface area contributed by atoms with Gasteiger partial charge < -0.3 is 9.80 Å². The van der Waals surface area contributed by atoms with E-state index in [0.29, 0.717) is 42.9 Å². The number of fused-ring (bicyclic) bond motifs is 1. The molecule has 0 bridgehead atoms. The predicted molar refractivity (Wildman–Crippen MR) is 99.1 cm³/mol.